The average Bonchev–Trinajstić information content (AvgIpc) is 2.73. The Hall–Kier alpha value is -0.610. The minimum absolute atomic E-state index is 0.248. The van der Waals surface area contributed by atoms with Crippen molar-refractivity contribution in [2.45, 2.75) is 63.5 Å². The molecular formula is C15H28N2O2. The van der Waals surface area contributed by atoms with Gasteiger partial charge in [0.15, 0.2) is 0 Å². The molecule has 0 spiro atoms. The summed E-state index contributed by atoms with van der Waals surface area (Å²) in [7, 11) is 1.73. The highest BCUT2D eigenvalue weighted by atomic mass is 16.5. The second kappa shape index (κ2) is 7.85. The number of fused-ring (bicyclic) bond motifs is 2. The van der Waals surface area contributed by atoms with Crippen LogP contribution >= 0.6 is 0 Å². The summed E-state index contributed by atoms with van der Waals surface area (Å²) in [6, 6.07) is 1.37. The third kappa shape index (κ3) is 5.11. The molecule has 2 bridgehead atoms. The van der Waals surface area contributed by atoms with Gasteiger partial charge < -0.3 is 15.4 Å². The lowest BCUT2D eigenvalue weighted by Gasteiger charge is -2.28. The lowest BCUT2D eigenvalue weighted by molar-refractivity contribution is -0.122. The highest BCUT2D eigenvalue weighted by molar-refractivity contribution is 5.76. The van der Waals surface area contributed by atoms with E-state index in [9.17, 15) is 4.79 Å². The normalized spacial score (nSPS) is 29.4. The van der Waals surface area contributed by atoms with Gasteiger partial charge in [-0.1, -0.05) is 0 Å². The van der Waals surface area contributed by atoms with Crippen molar-refractivity contribution in [3.63, 3.8) is 0 Å². The molecular weight excluding hydrogens is 240 g/mol. The van der Waals surface area contributed by atoms with Gasteiger partial charge in [-0.3, -0.25) is 4.79 Å². The van der Waals surface area contributed by atoms with Gasteiger partial charge in [-0.2, -0.15) is 0 Å². The van der Waals surface area contributed by atoms with Crippen LogP contribution in [0.4, 0.5) is 0 Å². The molecule has 1 amide bonds. The van der Waals surface area contributed by atoms with Crippen LogP contribution < -0.4 is 10.6 Å². The van der Waals surface area contributed by atoms with Crippen molar-refractivity contribution in [1.29, 1.82) is 0 Å². The smallest absolute Gasteiger partial charge is 0.220 e. The SMILES string of the molecule is COCCCCCNC(=O)CC1CC2CCC(C1)N2. The fourth-order valence-electron chi connectivity index (χ4n) is 3.45. The molecule has 0 aromatic rings. The summed E-state index contributed by atoms with van der Waals surface area (Å²) in [6.07, 6.45) is 9.01. The standard InChI is InChI=1S/C15H28N2O2/c1-19-8-4-2-3-7-16-15(18)11-12-9-13-5-6-14(10-12)17-13/h12-14,17H,2-11H2,1H3,(H,16,18). The van der Waals surface area contributed by atoms with Gasteiger partial charge in [0.1, 0.15) is 0 Å². The highest BCUT2D eigenvalue weighted by Gasteiger charge is 2.33. The Balaban J connectivity index is 1.52. The van der Waals surface area contributed by atoms with Gasteiger partial charge in [0.2, 0.25) is 5.91 Å². The highest BCUT2D eigenvalue weighted by Crippen LogP contribution is 2.32. The fourth-order valence-corrected chi connectivity index (χ4v) is 3.45. The van der Waals surface area contributed by atoms with Crippen LogP contribution in [0.15, 0.2) is 0 Å². The van der Waals surface area contributed by atoms with Crippen molar-refractivity contribution in [3.05, 3.63) is 0 Å². The van der Waals surface area contributed by atoms with Gasteiger partial charge in [0.05, 0.1) is 0 Å². The van der Waals surface area contributed by atoms with Crippen LogP contribution in [0.1, 0.15) is 51.4 Å². The number of rotatable bonds is 8. The van der Waals surface area contributed by atoms with E-state index >= 15 is 0 Å². The molecule has 0 saturated carbocycles. The predicted molar refractivity (Wildman–Crippen MR) is 76.0 cm³/mol. The summed E-state index contributed by atoms with van der Waals surface area (Å²) < 4.78 is 5.00. The zero-order valence-corrected chi connectivity index (χ0v) is 12.1. The molecule has 2 fully saturated rings. The van der Waals surface area contributed by atoms with Crippen molar-refractivity contribution in [2.24, 2.45) is 5.92 Å². The molecule has 2 unspecified atom stereocenters. The van der Waals surface area contributed by atoms with E-state index in [1.807, 2.05) is 0 Å². The molecule has 0 aromatic heterocycles. The Labute approximate surface area is 116 Å². The summed E-state index contributed by atoms with van der Waals surface area (Å²) in [5, 5.41) is 6.68. The van der Waals surface area contributed by atoms with Crippen molar-refractivity contribution in [1.82, 2.24) is 10.6 Å². The van der Waals surface area contributed by atoms with Crippen molar-refractivity contribution in [3.8, 4) is 0 Å². The Morgan fingerprint density at radius 1 is 1.21 bits per heavy atom. The molecule has 4 heteroatoms. The van der Waals surface area contributed by atoms with Gasteiger partial charge in [0, 0.05) is 38.8 Å². The lowest BCUT2D eigenvalue weighted by Crippen LogP contribution is -2.39. The molecule has 0 radical (unpaired) electrons. The first-order valence-electron chi connectivity index (χ1n) is 7.79. The topological polar surface area (TPSA) is 50.4 Å². The molecule has 2 heterocycles. The molecule has 4 nitrogen and oxygen atoms in total. The summed E-state index contributed by atoms with van der Waals surface area (Å²) in [6.45, 7) is 1.65. The van der Waals surface area contributed by atoms with E-state index in [4.69, 9.17) is 4.74 Å². The molecule has 110 valence electrons. The first-order valence-corrected chi connectivity index (χ1v) is 7.79. The number of nitrogens with one attached hydrogen (secondary N) is 2. The van der Waals surface area contributed by atoms with Crippen LogP contribution in [0.25, 0.3) is 0 Å². The Morgan fingerprint density at radius 2 is 1.95 bits per heavy atom. The van der Waals surface area contributed by atoms with Crippen LogP contribution in [-0.4, -0.2) is 38.3 Å². The number of methoxy groups -OCH3 is 1. The molecule has 2 N–H and O–H groups in total. The zero-order valence-electron chi connectivity index (χ0n) is 12.1. The fraction of sp³-hybridized carbons (Fsp3) is 0.933. The molecule has 2 aliphatic heterocycles. The predicted octanol–water partition coefficient (Wildman–Crippen LogP) is 1.84. The second-order valence-corrected chi connectivity index (χ2v) is 6.08. The number of carbonyl (C=O) groups is 1. The molecule has 2 atom stereocenters. The van der Waals surface area contributed by atoms with Crippen LogP contribution in [0, 0.1) is 5.92 Å². The maximum Gasteiger partial charge on any atom is 0.220 e. The van der Waals surface area contributed by atoms with Gasteiger partial charge in [0.25, 0.3) is 0 Å². The monoisotopic (exact) mass is 268 g/mol. The molecule has 2 saturated heterocycles. The summed E-state index contributed by atoms with van der Waals surface area (Å²) in [4.78, 5) is 11.9. The Bertz CT molecular complexity index is 271. The number of hydrogen-bond donors (Lipinski definition) is 2. The van der Waals surface area contributed by atoms with Crippen LogP contribution in [0.5, 0.6) is 0 Å². The number of ether oxygens (including phenoxy) is 1. The summed E-state index contributed by atoms with van der Waals surface area (Å²) in [5.41, 5.74) is 0. The van der Waals surface area contributed by atoms with E-state index < -0.39 is 0 Å². The van der Waals surface area contributed by atoms with Crippen molar-refractivity contribution in [2.75, 3.05) is 20.3 Å². The van der Waals surface area contributed by atoms with E-state index in [0.717, 1.165) is 38.8 Å². The van der Waals surface area contributed by atoms with E-state index in [1.165, 1.54) is 25.7 Å². The van der Waals surface area contributed by atoms with Crippen LogP contribution in [0.2, 0.25) is 0 Å². The third-order valence-corrected chi connectivity index (χ3v) is 4.39. The van der Waals surface area contributed by atoms with Crippen LogP contribution in [-0.2, 0) is 9.53 Å². The van der Waals surface area contributed by atoms with Gasteiger partial charge in [-0.15, -0.1) is 0 Å². The van der Waals surface area contributed by atoms with Gasteiger partial charge >= 0.3 is 0 Å². The maximum absolute atomic E-state index is 11.9. The Morgan fingerprint density at radius 3 is 2.63 bits per heavy atom. The second-order valence-electron chi connectivity index (χ2n) is 6.08. The number of carbonyl (C=O) groups excluding carboxylic acids is 1. The lowest BCUT2D eigenvalue weighted by atomic mass is 9.89. The Kier molecular flexibility index (Phi) is 6.11. The van der Waals surface area contributed by atoms with Gasteiger partial charge in [-0.05, 0) is 50.9 Å². The number of piperidine rings is 1. The first kappa shape index (κ1) is 14.8. The number of amides is 1. The summed E-state index contributed by atoms with van der Waals surface area (Å²) in [5.74, 6) is 0.852. The maximum atomic E-state index is 11.9. The molecule has 2 aliphatic rings. The minimum Gasteiger partial charge on any atom is -0.385 e. The first-order chi connectivity index (χ1) is 9.28. The average molecular weight is 268 g/mol. The largest absolute Gasteiger partial charge is 0.385 e. The minimum atomic E-state index is 0.248. The van der Waals surface area contributed by atoms with E-state index in [2.05, 4.69) is 10.6 Å². The summed E-state index contributed by atoms with van der Waals surface area (Å²) >= 11 is 0. The van der Waals surface area contributed by atoms with Crippen molar-refractivity contribution >= 4 is 5.91 Å². The molecule has 0 aromatic carbocycles. The van der Waals surface area contributed by atoms with Crippen molar-refractivity contribution < 1.29 is 9.53 Å². The van der Waals surface area contributed by atoms with Gasteiger partial charge in [-0.25, -0.2) is 0 Å². The third-order valence-electron chi connectivity index (χ3n) is 4.39. The molecule has 19 heavy (non-hydrogen) atoms. The number of hydrogen-bond acceptors (Lipinski definition) is 3. The van der Waals surface area contributed by atoms with Crippen LogP contribution in [0.3, 0.4) is 0 Å². The van der Waals surface area contributed by atoms with E-state index in [1.54, 1.807) is 7.11 Å². The molecule has 2 rings (SSSR count). The van der Waals surface area contributed by atoms with E-state index in [0.29, 0.717) is 18.0 Å². The number of unbranched alkanes of at least 4 members (excludes halogenated alkanes) is 2. The quantitative estimate of drug-likeness (QED) is 0.660. The molecule has 0 aliphatic carbocycles. The van der Waals surface area contributed by atoms with E-state index in [-0.39, 0.29) is 5.91 Å². The zero-order chi connectivity index (χ0) is 13.5.